The van der Waals surface area contributed by atoms with E-state index in [1.54, 1.807) is 6.07 Å². The zero-order valence-electron chi connectivity index (χ0n) is 12.3. The molecule has 2 aliphatic rings. The Labute approximate surface area is 125 Å². The van der Waals surface area contributed by atoms with Crippen molar-refractivity contribution in [1.82, 2.24) is 4.90 Å². The number of hydrogen-bond donors (Lipinski definition) is 0. The molecule has 2 aromatic rings. The van der Waals surface area contributed by atoms with E-state index in [4.69, 9.17) is 17.7 Å². The van der Waals surface area contributed by atoms with E-state index in [0.717, 1.165) is 35.2 Å². The molecule has 0 aliphatic carbocycles. The highest BCUT2D eigenvalue weighted by Crippen LogP contribution is 2.49. The standard InChI is InChI=1S/C17H16ClNO/c1-19-9-14-12-4-2-3-5-16(12)20-17-7-6-11(18)8-13(17)15(14)10-19/h2-8,14-15H,9-10H2,1H3/t14-,15-/m0/s1/i2D. The monoisotopic (exact) mass is 286 g/mol. The maximum atomic E-state index is 7.91. The SMILES string of the molecule is [2H]c1ccc2c(c1)[C@@H]1CN(C)C[C@H]1c1cc(Cl)ccc1O2. The molecule has 0 unspecified atom stereocenters. The Bertz CT molecular complexity index is 658. The largest absolute Gasteiger partial charge is 0.457 e. The lowest BCUT2D eigenvalue weighted by atomic mass is 9.84. The zero-order valence-corrected chi connectivity index (χ0v) is 12.0. The molecule has 0 radical (unpaired) electrons. The minimum Gasteiger partial charge on any atom is -0.457 e. The number of halogens is 1. The molecule has 1 fully saturated rings. The minimum atomic E-state index is 0.356. The van der Waals surface area contributed by atoms with Crippen LogP contribution in [0.25, 0.3) is 0 Å². The summed E-state index contributed by atoms with van der Waals surface area (Å²) in [5.41, 5.74) is 2.32. The van der Waals surface area contributed by atoms with E-state index in [9.17, 15) is 0 Å². The number of rotatable bonds is 0. The van der Waals surface area contributed by atoms with Gasteiger partial charge in [-0.1, -0.05) is 29.8 Å². The fourth-order valence-electron chi connectivity index (χ4n) is 3.46. The first-order chi connectivity index (χ1) is 10.1. The molecule has 2 heterocycles. The summed E-state index contributed by atoms with van der Waals surface area (Å²) in [5, 5.41) is 0.748. The van der Waals surface area contributed by atoms with Gasteiger partial charge in [-0.3, -0.25) is 0 Å². The number of para-hydroxylation sites is 1. The van der Waals surface area contributed by atoms with Crippen LogP contribution < -0.4 is 4.74 Å². The van der Waals surface area contributed by atoms with E-state index in [-0.39, 0.29) is 0 Å². The summed E-state index contributed by atoms with van der Waals surface area (Å²) in [6, 6.07) is 12.0. The summed E-state index contributed by atoms with van der Waals surface area (Å²) in [6.07, 6.45) is 0. The van der Waals surface area contributed by atoms with Crippen LogP contribution in [0.2, 0.25) is 5.02 Å². The Morgan fingerprint density at radius 2 is 1.90 bits per heavy atom. The molecule has 0 spiro atoms. The van der Waals surface area contributed by atoms with E-state index in [0.29, 0.717) is 17.9 Å². The second-order valence-electron chi connectivity index (χ2n) is 5.68. The molecule has 3 heteroatoms. The minimum absolute atomic E-state index is 0.356. The van der Waals surface area contributed by atoms with Gasteiger partial charge in [-0.15, -0.1) is 0 Å². The predicted molar refractivity (Wildman–Crippen MR) is 80.9 cm³/mol. The molecular weight excluding hydrogens is 270 g/mol. The van der Waals surface area contributed by atoms with Crippen LogP contribution in [-0.2, 0) is 0 Å². The smallest absolute Gasteiger partial charge is 0.131 e. The molecule has 2 atom stereocenters. The van der Waals surface area contributed by atoms with Gasteiger partial charge in [0.25, 0.3) is 0 Å². The van der Waals surface area contributed by atoms with E-state index >= 15 is 0 Å². The van der Waals surface area contributed by atoms with Gasteiger partial charge in [0.05, 0.1) is 1.37 Å². The van der Waals surface area contributed by atoms with E-state index in [1.807, 2.05) is 30.3 Å². The van der Waals surface area contributed by atoms with E-state index in [2.05, 4.69) is 11.9 Å². The molecule has 0 amide bonds. The average molecular weight is 287 g/mol. The van der Waals surface area contributed by atoms with Gasteiger partial charge >= 0.3 is 0 Å². The molecule has 2 aliphatic heterocycles. The molecule has 20 heavy (non-hydrogen) atoms. The lowest BCUT2D eigenvalue weighted by Gasteiger charge is -2.17. The third kappa shape index (κ3) is 1.83. The normalized spacial score (nSPS) is 25.0. The van der Waals surface area contributed by atoms with Crippen molar-refractivity contribution in [3.63, 3.8) is 0 Å². The fraction of sp³-hybridized carbons (Fsp3) is 0.294. The third-order valence-electron chi connectivity index (χ3n) is 4.35. The molecular formula is C17H16ClNO. The maximum absolute atomic E-state index is 7.91. The van der Waals surface area contributed by atoms with Gasteiger partial charge in [-0.25, -0.2) is 0 Å². The van der Waals surface area contributed by atoms with Gasteiger partial charge in [0, 0.05) is 35.5 Å². The third-order valence-corrected chi connectivity index (χ3v) is 4.58. The summed E-state index contributed by atoms with van der Waals surface area (Å²) < 4.78 is 14.0. The highest BCUT2D eigenvalue weighted by Gasteiger charge is 2.38. The highest BCUT2D eigenvalue weighted by atomic mass is 35.5. The summed E-state index contributed by atoms with van der Waals surface area (Å²) in [7, 11) is 2.14. The van der Waals surface area contributed by atoms with Crippen molar-refractivity contribution in [2.24, 2.45) is 0 Å². The van der Waals surface area contributed by atoms with Gasteiger partial charge in [0.1, 0.15) is 11.5 Å². The molecule has 102 valence electrons. The topological polar surface area (TPSA) is 12.5 Å². The Balaban J connectivity index is 1.93. The number of likely N-dealkylation sites (N-methyl/N-ethyl adjacent to an activating group) is 1. The Morgan fingerprint density at radius 3 is 2.75 bits per heavy atom. The summed E-state index contributed by atoms with van der Waals surface area (Å²) in [4.78, 5) is 2.34. The van der Waals surface area contributed by atoms with Crippen molar-refractivity contribution >= 4 is 11.6 Å². The summed E-state index contributed by atoms with van der Waals surface area (Å²) in [6.45, 7) is 1.97. The van der Waals surface area contributed by atoms with Crippen LogP contribution in [0, 0.1) is 0 Å². The van der Waals surface area contributed by atoms with Crippen molar-refractivity contribution in [2.45, 2.75) is 11.8 Å². The quantitative estimate of drug-likeness (QED) is 0.717. The Kier molecular flexibility index (Phi) is 2.52. The van der Waals surface area contributed by atoms with Gasteiger partial charge in [0.2, 0.25) is 0 Å². The molecule has 2 aromatic carbocycles. The number of fused-ring (bicyclic) bond motifs is 5. The van der Waals surface area contributed by atoms with Crippen LogP contribution in [0.3, 0.4) is 0 Å². The van der Waals surface area contributed by atoms with Crippen LogP contribution in [0.4, 0.5) is 0 Å². The van der Waals surface area contributed by atoms with Crippen molar-refractivity contribution < 1.29 is 6.11 Å². The van der Waals surface area contributed by atoms with Crippen LogP contribution in [0.1, 0.15) is 24.3 Å². The van der Waals surface area contributed by atoms with Crippen molar-refractivity contribution in [1.29, 1.82) is 0 Å². The lowest BCUT2D eigenvalue weighted by Crippen LogP contribution is -2.14. The van der Waals surface area contributed by atoms with Crippen molar-refractivity contribution in [3.8, 4) is 11.5 Å². The molecule has 0 saturated carbocycles. The first kappa shape index (κ1) is 11.2. The molecule has 0 aromatic heterocycles. The highest BCUT2D eigenvalue weighted by molar-refractivity contribution is 6.30. The van der Waals surface area contributed by atoms with Crippen LogP contribution >= 0.6 is 11.6 Å². The van der Waals surface area contributed by atoms with Gasteiger partial charge in [-0.2, -0.15) is 0 Å². The number of benzene rings is 2. The van der Waals surface area contributed by atoms with Crippen molar-refractivity contribution in [2.75, 3.05) is 20.1 Å². The fourth-order valence-corrected chi connectivity index (χ4v) is 3.64. The van der Waals surface area contributed by atoms with Crippen LogP contribution in [0.5, 0.6) is 11.5 Å². The first-order valence-corrected chi connectivity index (χ1v) is 7.26. The summed E-state index contributed by atoms with van der Waals surface area (Å²) in [5.74, 6) is 2.49. The van der Waals surface area contributed by atoms with E-state index < -0.39 is 0 Å². The average Bonchev–Trinajstić information content (AvgIpc) is 2.79. The van der Waals surface area contributed by atoms with Crippen LogP contribution in [0.15, 0.2) is 42.4 Å². The maximum Gasteiger partial charge on any atom is 0.131 e. The Hall–Kier alpha value is -1.51. The molecule has 4 rings (SSSR count). The Morgan fingerprint density at radius 1 is 1.15 bits per heavy atom. The zero-order chi connectivity index (χ0) is 14.6. The lowest BCUT2D eigenvalue weighted by molar-refractivity contribution is 0.401. The van der Waals surface area contributed by atoms with E-state index in [1.165, 1.54) is 5.56 Å². The van der Waals surface area contributed by atoms with Gasteiger partial charge in [-0.05, 0) is 36.9 Å². The van der Waals surface area contributed by atoms with Crippen molar-refractivity contribution in [3.05, 3.63) is 58.6 Å². The van der Waals surface area contributed by atoms with Gasteiger partial charge in [0.15, 0.2) is 0 Å². The number of ether oxygens (including phenoxy) is 1. The van der Waals surface area contributed by atoms with Gasteiger partial charge < -0.3 is 9.64 Å². The summed E-state index contributed by atoms with van der Waals surface area (Å²) >= 11 is 6.19. The molecule has 1 saturated heterocycles. The number of hydrogen-bond acceptors (Lipinski definition) is 2. The predicted octanol–water partition coefficient (Wildman–Crippen LogP) is 4.26. The molecule has 0 N–H and O–H groups in total. The molecule has 0 bridgehead atoms. The van der Waals surface area contributed by atoms with Crippen LogP contribution in [-0.4, -0.2) is 25.0 Å². The second kappa shape index (κ2) is 4.51. The molecule has 2 nitrogen and oxygen atoms in total. The number of likely N-dealkylation sites (tertiary alicyclic amines) is 1. The number of nitrogens with zero attached hydrogens (tertiary/aromatic N) is 1. The second-order valence-corrected chi connectivity index (χ2v) is 6.12. The first-order valence-electron chi connectivity index (χ1n) is 7.38.